The zero-order valence-corrected chi connectivity index (χ0v) is 58.4. The quantitative estimate of drug-likeness (QED) is 0.0288. The standard InChI is InChI=1S/C64H84N3O2S2.3C4H9.Sn/c1-5-9-13-17-21-25-30-50-33-39-53(40-34-50)67(54-41-35-51(36-42-54)31-26-22-18-14-10-6-2)55-43-37-52(38-44-55)56-45-46-58(71-56)62-60-59(63(68)66(62)48-28-24-20-16-12-8-4)61(57-32-29-49-70-57)65(64(60)69)47-27-23-19-15-11-7-3;3*1-3-4-2;/h29,32-46H,5-28,30-31,47-48H2,1-4H3;3*1,3-4H2,2H3;. The third-order valence-corrected chi connectivity index (χ3v) is 38.8. The molecule has 0 unspecified atom stereocenters. The van der Waals surface area contributed by atoms with Crippen molar-refractivity contribution < 1.29 is 9.59 Å². The molecule has 3 aromatic carbocycles. The van der Waals surface area contributed by atoms with Crippen molar-refractivity contribution in [1.29, 1.82) is 0 Å². The van der Waals surface area contributed by atoms with Crippen LogP contribution in [0.15, 0.2) is 108 Å². The Labute approximate surface area is 524 Å². The van der Waals surface area contributed by atoms with Gasteiger partial charge in [0.2, 0.25) is 0 Å². The second-order valence-electron chi connectivity index (χ2n) is 25.1. The molecule has 4 heterocycles. The summed E-state index contributed by atoms with van der Waals surface area (Å²) in [4.78, 5) is 41.0. The maximum absolute atomic E-state index is 15.6. The van der Waals surface area contributed by atoms with E-state index in [9.17, 15) is 0 Å². The second kappa shape index (κ2) is 37.0. The van der Waals surface area contributed by atoms with Crippen LogP contribution in [0.5, 0.6) is 0 Å². The zero-order valence-electron chi connectivity index (χ0n) is 53.9. The fourth-order valence-electron chi connectivity index (χ4n) is 13.2. The second-order valence-corrected chi connectivity index (χ2v) is 41.4. The molecular formula is C76H111N3O2S2Sn. The molecule has 0 fully saturated rings. The Kier molecular flexibility index (Phi) is 29.8. The van der Waals surface area contributed by atoms with Gasteiger partial charge in [-0.1, -0.05) is 129 Å². The minimum atomic E-state index is -2.82. The number of aryl methyl sites for hydroxylation is 2. The number of nitrogens with zero attached hydrogens (tertiary/aromatic N) is 3. The first-order valence-corrected chi connectivity index (χ1v) is 43.8. The van der Waals surface area contributed by atoms with E-state index in [1.54, 1.807) is 14.2 Å². The molecule has 84 heavy (non-hydrogen) atoms. The molecule has 5 nitrogen and oxygen atoms in total. The molecule has 0 radical (unpaired) electrons. The minimum Gasteiger partial charge on any atom is -0.0570 e. The summed E-state index contributed by atoms with van der Waals surface area (Å²) in [6.07, 6.45) is 39.4. The fourth-order valence-corrected chi connectivity index (χ4v) is 34.4. The van der Waals surface area contributed by atoms with Crippen LogP contribution in [0.3, 0.4) is 0 Å². The number of thiophene rings is 2. The van der Waals surface area contributed by atoms with Crippen molar-refractivity contribution in [2.75, 3.05) is 18.0 Å². The van der Waals surface area contributed by atoms with Gasteiger partial charge in [0.1, 0.15) is 0 Å². The fraction of sp³-hybridized carbons (Fsp3) is 0.579. The van der Waals surface area contributed by atoms with Gasteiger partial charge in [-0.15, -0.1) is 0 Å². The summed E-state index contributed by atoms with van der Waals surface area (Å²) in [5.74, 6) is 0.0561. The van der Waals surface area contributed by atoms with E-state index in [2.05, 4.69) is 155 Å². The van der Waals surface area contributed by atoms with Crippen LogP contribution in [-0.2, 0) is 22.4 Å². The van der Waals surface area contributed by atoms with Gasteiger partial charge in [-0.25, -0.2) is 0 Å². The van der Waals surface area contributed by atoms with E-state index in [4.69, 9.17) is 0 Å². The summed E-state index contributed by atoms with van der Waals surface area (Å²) in [5.41, 5.74) is 10.5. The number of carbonyl (C=O) groups excluding carboxylic acids is 2. The van der Waals surface area contributed by atoms with Gasteiger partial charge in [-0.3, -0.25) is 0 Å². The predicted molar refractivity (Wildman–Crippen MR) is 371 cm³/mol. The third-order valence-electron chi connectivity index (χ3n) is 18.3. The number of unbranched alkanes of at least 4 members (excludes halogenated alkanes) is 23. The van der Waals surface area contributed by atoms with Crippen LogP contribution in [0.25, 0.3) is 21.8 Å². The van der Waals surface area contributed by atoms with E-state index >= 15 is 9.59 Å². The van der Waals surface area contributed by atoms with Gasteiger partial charge in [-0.2, -0.15) is 0 Å². The van der Waals surface area contributed by atoms with E-state index in [0.29, 0.717) is 24.2 Å². The zero-order chi connectivity index (χ0) is 59.4. The van der Waals surface area contributed by atoms with Crippen molar-refractivity contribution in [3.8, 4) is 10.4 Å². The Morgan fingerprint density at radius 2 is 0.679 bits per heavy atom. The van der Waals surface area contributed by atoms with Crippen molar-refractivity contribution in [2.45, 2.75) is 267 Å². The Bertz CT molecular complexity index is 2690. The van der Waals surface area contributed by atoms with E-state index in [1.807, 2.05) is 16.2 Å². The molecule has 5 aromatic rings. The van der Waals surface area contributed by atoms with Gasteiger partial charge in [0.05, 0.1) is 0 Å². The topological polar surface area (TPSA) is 43.9 Å². The van der Waals surface area contributed by atoms with Crippen molar-refractivity contribution in [1.82, 2.24) is 9.80 Å². The third kappa shape index (κ3) is 18.8. The first-order valence-electron chi connectivity index (χ1n) is 34.7. The molecular weight excluding hydrogens is 1170 g/mol. The van der Waals surface area contributed by atoms with Gasteiger partial charge in [0.15, 0.2) is 0 Å². The van der Waals surface area contributed by atoms with Crippen molar-refractivity contribution >= 4 is 84.2 Å². The average Bonchev–Trinajstić information content (AvgIpc) is 1.83. The van der Waals surface area contributed by atoms with Crippen LogP contribution >= 0.6 is 22.7 Å². The number of hydrogen-bond donors (Lipinski definition) is 0. The molecule has 0 aliphatic carbocycles. The Hall–Kier alpha value is -3.92. The number of fused-ring (bicyclic) bond motifs is 1. The molecule has 2 amide bonds. The van der Waals surface area contributed by atoms with E-state index < -0.39 is 18.4 Å². The normalized spacial score (nSPS) is 13.7. The van der Waals surface area contributed by atoms with Crippen molar-refractivity contribution in [3.63, 3.8) is 0 Å². The van der Waals surface area contributed by atoms with Crippen molar-refractivity contribution in [3.05, 3.63) is 129 Å². The van der Waals surface area contributed by atoms with Gasteiger partial charge in [-0.05, 0) is 73.2 Å². The van der Waals surface area contributed by atoms with Crippen molar-refractivity contribution in [2.24, 2.45) is 0 Å². The summed E-state index contributed by atoms with van der Waals surface area (Å²) in [7, 11) is 0. The molecule has 0 bridgehead atoms. The predicted octanol–water partition coefficient (Wildman–Crippen LogP) is 23.3. The number of benzene rings is 3. The molecule has 0 saturated carbocycles. The number of anilines is 3. The molecule has 2 aliphatic heterocycles. The molecule has 0 N–H and O–H groups in total. The van der Waals surface area contributed by atoms with Crippen LogP contribution in [0.1, 0.15) is 262 Å². The molecule has 0 saturated heterocycles. The Morgan fingerprint density at radius 3 is 1.08 bits per heavy atom. The molecule has 2 aromatic heterocycles. The summed E-state index contributed by atoms with van der Waals surface area (Å²) in [5, 5.41) is 0. The number of amides is 2. The molecule has 8 heteroatoms. The number of carbonyl (C=O) groups is 2. The van der Waals surface area contributed by atoms with Gasteiger partial charge in [0, 0.05) is 17.1 Å². The average molecular weight is 1280 g/mol. The molecule has 458 valence electrons. The summed E-state index contributed by atoms with van der Waals surface area (Å²) >= 11 is 0.900. The number of hydrogen-bond acceptors (Lipinski definition) is 5. The first kappa shape index (κ1) is 67.6. The van der Waals surface area contributed by atoms with Gasteiger partial charge in [0.25, 0.3) is 0 Å². The first-order chi connectivity index (χ1) is 41.3. The molecule has 2 aliphatic rings. The molecule has 0 spiro atoms. The Balaban J connectivity index is 1.24. The van der Waals surface area contributed by atoms with E-state index in [1.165, 1.54) is 203 Å². The Morgan fingerprint density at radius 1 is 0.345 bits per heavy atom. The van der Waals surface area contributed by atoms with E-state index in [-0.39, 0.29) is 11.8 Å². The maximum atomic E-state index is 15.6. The summed E-state index contributed by atoms with van der Waals surface area (Å²) in [6, 6.07) is 37.0. The monoisotopic (exact) mass is 1280 g/mol. The number of rotatable bonds is 44. The smallest absolute Gasteiger partial charge is 0.0570 e. The molecule has 0 atom stereocenters. The van der Waals surface area contributed by atoms with Crippen LogP contribution in [0.4, 0.5) is 17.1 Å². The summed E-state index contributed by atoms with van der Waals surface area (Å²) < 4.78 is 5.87. The molecule has 7 rings (SSSR count). The minimum absolute atomic E-state index is 0.0281. The van der Waals surface area contributed by atoms with Crippen LogP contribution < -0.4 is 7.79 Å². The van der Waals surface area contributed by atoms with Crippen LogP contribution in [-0.4, -0.2) is 53.1 Å². The van der Waals surface area contributed by atoms with Gasteiger partial charge < -0.3 is 4.90 Å². The SMILES string of the molecule is CCCCCCCCc1ccc(N(c2ccc(CCCCCCCC)cc2)c2ccc(-c3ccc(C4=C5C(=O)N(CCCCCCCC)C(c6cc[c]([Sn]([CH2]CCC)([CH2]CCC)[CH2]CCC)s6)=C5C(=O)N4CCCCCCCC)s3)cc2)cc1. The van der Waals surface area contributed by atoms with Crippen LogP contribution in [0, 0.1) is 0 Å². The van der Waals surface area contributed by atoms with Crippen LogP contribution in [0.2, 0.25) is 13.3 Å². The summed E-state index contributed by atoms with van der Waals surface area (Å²) in [6.45, 7) is 17.5. The van der Waals surface area contributed by atoms with E-state index in [0.717, 1.165) is 75.8 Å². The van der Waals surface area contributed by atoms with Gasteiger partial charge >= 0.3 is 304 Å².